The van der Waals surface area contributed by atoms with Gasteiger partial charge in [-0.3, -0.25) is 4.79 Å². The summed E-state index contributed by atoms with van der Waals surface area (Å²) in [5.74, 6) is 0.992. The SMILES string of the molecule is CC[C@@H](CCCC(=O)NC)Nc1ncc2c(Br)nn(-c3ccc(-c4ncco4)c(CC#N)c3)c2n1. The predicted octanol–water partition coefficient (Wildman–Crippen LogP) is 4.41. The van der Waals surface area contributed by atoms with Gasteiger partial charge in [-0.15, -0.1) is 0 Å². The number of carbonyl (C=O) groups excluding carboxylic acids is 1. The summed E-state index contributed by atoms with van der Waals surface area (Å²) in [5, 5.41) is 20.8. The van der Waals surface area contributed by atoms with E-state index in [1.165, 1.54) is 6.26 Å². The summed E-state index contributed by atoms with van der Waals surface area (Å²) in [6.45, 7) is 2.09. The molecule has 4 rings (SSSR count). The van der Waals surface area contributed by atoms with Crippen molar-refractivity contribution in [1.82, 2.24) is 30.0 Å². The van der Waals surface area contributed by atoms with Crippen molar-refractivity contribution in [1.29, 1.82) is 5.26 Å². The number of oxazole rings is 1. The summed E-state index contributed by atoms with van der Waals surface area (Å²) in [6.07, 6.45) is 7.97. The van der Waals surface area contributed by atoms with Crippen molar-refractivity contribution < 1.29 is 9.21 Å². The maximum absolute atomic E-state index is 11.5. The predicted molar refractivity (Wildman–Crippen MR) is 135 cm³/mol. The maximum Gasteiger partial charge on any atom is 0.226 e. The highest BCUT2D eigenvalue weighted by atomic mass is 79.9. The van der Waals surface area contributed by atoms with Crippen molar-refractivity contribution in [3.8, 4) is 23.2 Å². The fraction of sp³-hybridized carbons (Fsp3) is 0.333. The molecule has 0 bridgehead atoms. The van der Waals surface area contributed by atoms with E-state index in [0.29, 0.717) is 28.5 Å². The first kappa shape index (κ1) is 24.3. The molecular formula is C24H25BrN8O2. The van der Waals surface area contributed by atoms with Gasteiger partial charge < -0.3 is 15.1 Å². The summed E-state index contributed by atoms with van der Waals surface area (Å²) < 4.78 is 7.78. The van der Waals surface area contributed by atoms with Crippen LogP contribution in [-0.4, -0.2) is 43.7 Å². The van der Waals surface area contributed by atoms with Crippen molar-refractivity contribution in [2.45, 2.75) is 45.1 Å². The lowest BCUT2D eigenvalue weighted by Gasteiger charge is -2.16. The van der Waals surface area contributed by atoms with E-state index in [1.54, 1.807) is 24.1 Å². The molecule has 0 aliphatic rings. The van der Waals surface area contributed by atoms with Gasteiger partial charge in [0.2, 0.25) is 17.7 Å². The lowest BCUT2D eigenvalue weighted by Crippen LogP contribution is -2.22. The number of benzene rings is 1. The molecule has 0 radical (unpaired) electrons. The van der Waals surface area contributed by atoms with Crippen LogP contribution in [0, 0.1) is 11.3 Å². The normalized spacial score (nSPS) is 11.8. The van der Waals surface area contributed by atoms with Crippen molar-refractivity contribution in [2.24, 2.45) is 0 Å². The topological polar surface area (TPSA) is 135 Å². The van der Waals surface area contributed by atoms with Crippen LogP contribution in [0.5, 0.6) is 0 Å². The number of anilines is 1. The van der Waals surface area contributed by atoms with Crippen molar-refractivity contribution in [2.75, 3.05) is 12.4 Å². The molecule has 0 unspecified atom stereocenters. The van der Waals surface area contributed by atoms with Gasteiger partial charge >= 0.3 is 0 Å². The molecule has 180 valence electrons. The Morgan fingerprint density at radius 2 is 2.20 bits per heavy atom. The van der Waals surface area contributed by atoms with Gasteiger partial charge in [-0.2, -0.15) is 15.3 Å². The molecule has 2 N–H and O–H groups in total. The smallest absolute Gasteiger partial charge is 0.226 e. The van der Waals surface area contributed by atoms with Crippen LogP contribution in [0.1, 0.15) is 38.2 Å². The van der Waals surface area contributed by atoms with Gasteiger partial charge in [-0.05, 0) is 59.0 Å². The van der Waals surface area contributed by atoms with Crippen LogP contribution in [0.15, 0.2) is 45.9 Å². The Balaban J connectivity index is 1.64. The Labute approximate surface area is 210 Å². The summed E-state index contributed by atoms with van der Waals surface area (Å²) in [6, 6.07) is 8.00. The molecule has 1 atom stereocenters. The fourth-order valence-corrected chi connectivity index (χ4v) is 4.26. The van der Waals surface area contributed by atoms with Gasteiger partial charge in [0.15, 0.2) is 5.65 Å². The van der Waals surface area contributed by atoms with Crippen LogP contribution in [0.4, 0.5) is 5.95 Å². The summed E-state index contributed by atoms with van der Waals surface area (Å²) in [5.41, 5.74) is 2.92. The summed E-state index contributed by atoms with van der Waals surface area (Å²) >= 11 is 3.51. The zero-order chi connectivity index (χ0) is 24.8. The van der Waals surface area contributed by atoms with Crippen molar-refractivity contribution in [3.05, 3.63) is 47.0 Å². The third kappa shape index (κ3) is 5.49. The van der Waals surface area contributed by atoms with Gasteiger partial charge in [-0.25, -0.2) is 14.6 Å². The monoisotopic (exact) mass is 536 g/mol. The van der Waals surface area contributed by atoms with E-state index in [1.807, 2.05) is 18.2 Å². The number of amides is 1. The second-order valence-electron chi connectivity index (χ2n) is 7.96. The number of halogens is 1. The molecule has 0 fully saturated rings. The molecule has 1 amide bonds. The third-order valence-corrected chi connectivity index (χ3v) is 6.29. The molecule has 35 heavy (non-hydrogen) atoms. The molecular weight excluding hydrogens is 512 g/mol. The first-order chi connectivity index (χ1) is 17.0. The number of rotatable bonds is 10. The van der Waals surface area contributed by atoms with E-state index in [0.717, 1.165) is 41.5 Å². The van der Waals surface area contributed by atoms with E-state index >= 15 is 0 Å². The van der Waals surface area contributed by atoms with E-state index in [-0.39, 0.29) is 18.4 Å². The van der Waals surface area contributed by atoms with E-state index in [9.17, 15) is 10.1 Å². The molecule has 0 spiro atoms. The number of carbonyl (C=O) groups is 1. The highest BCUT2D eigenvalue weighted by Gasteiger charge is 2.17. The fourth-order valence-electron chi connectivity index (χ4n) is 3.82. The van der Waals surface area contributed by atoms with Gasteiger partial charge in [0.1, 0.15) is 10.9 Å². The number of fused-ring (bicyclic) bond motifs is 1. The first-order valence-electron chi connectivity index (χ1n) is 11.3. The van der Waals surface area contributed by atoms with Crippen LogP contribution in [-0.2, 0) is 11.2 Å². The second kappa shape index (κ2) is 11.1. The van der Waals surface area contributed by atoms with Crippen LogP contribution in [0.3, 0.4) is 0 Å². The number of aromatic nitrogens is 5. The number of nitriles is 1. The summed E-state index contributed by atoms with van der Waals surface area (Å²) in [4.78, 5) is 24.9. The van der Waals surface area contributed by atoms with Crippen molar-refractivity contribution >= 4 is 38.8 Å². The molecule has 3 heterocycles. The van der Waals surface area contributed by atoms with Gasteiger partial charge in [0, 0.05) is 31.3 Å². The Bertz CT molecular complexity index is 1360. The molecule has 10 nitrogen and oxygen atoms in total. The lowest BCUT2D eigenvalue weighted by molar-refractivity contribution is -0.120. The average Bonchev–Trinajstić information content (AvgIpc) is 3.52. The van der Waals surface area contributed by atoms with E-state index in [2.05, 4.69) is 54.6 Å². The van der Waals surface area contributed by atoms with Gasteiger partial charge in [0.05, 0.1) is 29.8 Å². The molecule has 0 saturated carbocycles. The Morgan fingerprint density at radius 3 is 2.91 bits per heavy atom. The Hall–Kier alpha value is -3.78. The third-order valence-electron chi connectivity index (χ3n) is 5.71. The van der Waals surface area contributed by atoms with E-state index in [4.69, 9.17) is 9.40 Å². The first-order valence-corrected chi connectivity index (χ1v) is 12.1. The van der Waals surface area contributed by atoms with Crippen molar-refractivity contribution in [3.63, 3.8) is 0 Å². The molecule has 3 aromatic heterocycles. The average molecular weight is 537 g/mol. The second-order valence-corrected chi connectivity index (χ2v) is 8.71. The van der Waals surface area contributed by atoms with Gasteiger partial charge in [0.25, 0.3) is 0 Å². The number of nitrogens with one attached hydrogen (secondary N) is 2. The molecule has 0 aliphatic carbocycles. The molecule has 4 aromatic rings. The van der Waals surface area contributed by atoms with Gasteiger partial charge in [-0.1, -0.05) is 6.92 Å². The molecule has 11 heteroatoms. The minimum Gasteiger partial charge on any atom is -0.445 e. The highest BCUT2D eigenvalue weighted by Crippen LogP contribution is 2.29. The molecule has 1 aromatic carbocycles. The van der Waals surface area contributed by atoms with Crippen LogP contribution >= 0.6 is 15.9 Å². The number of nitrogens with zero attached hydrogens (tertiary/aromatic N) is 6. The standard InChI is InChI=1S/C24H25BrN8O2/c1-3-16(5-4-6-20(34)27-2)30-24-29-14-19-21(25)32-33(22(19)31-24)17-7-8-18(15(13-17)9-10-26)23-28-11-12-35-23/h7-8,11-14,16H,3-6,9H2,1-2H3,(H,27,34)(H,29,30,31)/t16-/m0/s1. The zero-order valence-electron chi connectivity index (χ0n) is 19.5. The Morgan fingerprint density at radius 1 is 1.34 bits per heavy atom. The quantitative estimate of drug-likeness (QED) is 0.304. The molecule has 0 saturated heterocycles. The summed E-state index contributed by atoms with van der Waals surface area (Å²) in [7, 11) is 1.65. The number of hydrogen-bond acceptors (Lipinski definition) is 8. The zero-order valence-corrected chi connectivity index (χ0v) is 21.0. The minimum absolute atomic E-state index is 0.0379. The number of hydrogen-bond donors (Lipinski definition) is 2. The van der Waals surface area contributed by atoms with Crippen LogP contribution < -0.4 is 10.6 Å². The van der Waals surface area contributed by atoms with Crippen LogP contribution in [0.2, 0.25) is 0 Å². The van der Waals surface area contributed by atoms with Crippen LogP contribution in [0.25, 0.3) is 28.2 Å². The minimum atomic E-state index is 0.0379. The Kier molecular flexibility index (Phi) is 7.72. The largest absolute Gasteiger partial charge is 0.445 e. The molecule has 0 aliphatic heterocycles. The lowest BCUT2D eigenvalue weighted by atomic mass is 10.0. The maximum atomic E-state index is 11.5. The van der Waals surface area contributed by atoms with E-state index < -0.39 is 0 Å². The highest BCUT2D eigenvalue weighted by molar-refractivity contribution is 9.10.